The van der Waals surface area contributed by atoms with Crippen LogP contribution in [0.15, 0.2) is 4.90 Å². The van der Waals surface area contributed by atoms with Gasteiger partial charge in [-0.2, -0.15) is 0 Å². The van der Waals surface area contributed by atoms with Gasteiger partial charge >= 0.3 is 0 Å². The molecular weight excluding hydrogens is 266 g/mol. The summed E-state index contributed by atoms with van der Waals surface area (Å²) in [5.74, 6) is 0.119. The van der Waals surface area contributed by atoms with Gasteiger partial charge in [0.05, 0.1) is 15.5 Å². The summed E-state index contributed by atoms with van der Waals surface area (Å²) in [6.45, 7) is 3.66. The molecule has 0 aromatic carbocycles. The molecule has 0 unspecified atom stereocenters. The maximum Gasteiger partial charge on any atom is 0.174 e. The highest BCUT2D eigenvalue weighted by Gasteiger charge is 2.19. The van der Waals surface area contributed by atoms with E-state index in [1.54, 1.807) is 11.8 Å². The molecular formula is C12H21N3OS2. The summed E-state index contributed by atoms with van der Waals surface area (Å²) >= 11 is 3.06. The van der Waals surface area contributed by atoms with E-state index in [2.05, 4.69) is 10.2 Å². The predicted octanol–water partition coefficient (Wildman–Crippen LogP) is 2.62. The first-order valence-corrected chi connectivity index (χ1v) is 7.93. The molecule has 4 nitrogen and oxygen atoms in total. The Hall–Kier alpha value is -0.720. The van der Waals surface area contributed by atoms with Crippen LogP contribution in [0, 0.1) is 0 Å². The van der Waals surface area contributed by atoms with Crippen molar-refractivity contribution in [2.75, 3.05) is 44.5 Å². The van der Waals surface area contributed by atoms with Gasteiger partial charge in [-0.3, -0.25) is 4.79 Å². The number of rotatable bonds is 7. The number of thiophene rings is 1. The molecule has 0 bridgehead atoms. The van der Waals surface area contributed by atoms with E-state index in [0.29, 0.717) is 17.0 Å². The molecule has 102 valence electrons. The van der Waals surface area contributed by atoms with Crippen LogP contribution in [0.4, 0.5) is 10.7 Å². The number of hydrogen-bond donors (Lipinski definition) is 2. The SMILES string of the molecule is CCC(=O)c1sc(NCCN(C)C)c(SC)c1N. The number of nitrogens with one attached hydrogen (secondary N) is 1. The Morgan fingerprint density at radius 2 is 2.17 bits per heavy atom. The van der Waals surface area contributed by atoms with Gasteiger partial charge in [0.1, 0.15) is 5.00 Å². The number of thioether (sulfide) groups is 1. The number of nitrogens with two attached hydrogens (primary N) is 1. The van der Waals surface area contributed by atoms with Gasteiger partial charge in [0.15, 0.2) is 5.78 Å². The maximum atomic E-state index is 11.8. The van der Waals surface area contributed by atoms with Crippen molar-refractivity contribution in [3.63, 3.8) is 0 Å². The summed E-state index contributed by atoms with van der Waals surface area (Å²) in [6, 6.07) is 0. The number of nitrogen functional groups attached to an aromatic ring is 1. The number of nitrogens with zero attached hydrogens (tertiary/aromatic N) is 1. The zero-order valence-electron chi connectivity index (χ0n) is 11.4. The first kappa shape index (κ1) is 15.3. The van der Waals surface area contributed by atoms with Crippen LogP contribution in [0.1, 0.15) is 23.0 Å². The van der Waals surface area contributed by atoms with E-state index in [-0.39, 0.29) is 5.78 Å². The molecule has 0 aliphatic rings. The fourth-order valence-corrected chi connectivity index (χ4v) is 3.58. The first-order valence-electron chi connectivity index (χ1n) is 5.89. The Labute approximate surface area is 117 Å². The normalized spacial score (nSPS) is 10.9. The van der Waals surface area contributed by atoms with Gasteiger partial charge in [-0.15, -0.1) is 23.1 Å². The Bertz CT molecular complexity index is 416. The summed E-state index contributed by atoms with van der Waals surface area (Å²) < 4.78 is 0. The average molecular weight is 287 g/mol. The van der Waals surface area contributed by atoms with Crippen LogP contribution in [0.5, 0.6) is 0 Å². The Morgan fingerprint density at radius 1 is 1.50 bits per heavy atom. The lowest BCUT2D eigenvalue weighted by Crippen LogP contribution is -2.20. The van der Waals surface area contributed by atoms with Crippen LogP contribution in [-0.2, 0) is 0 Å². The van der Waals surface area contributed by atoms with E-state index < -0.39 is 0 Å². The fraction of sp³-hybridized carbons (Fsp3) is 0.583. The van der Waals surface area contributed by atoms with Crippen LogP contribution < -0.4 is 11.1 Å². The number of carbonyl (C=O) groups is 1. The van der Waals surface area contributed by atoms with E-state index in [1.807, 2.05) is 27.3 Å². The second-order valence-electron chi connectivity index (χ2n) is 4.21. The van der Waals surface area contributed by atoms with Crippen molar-refractivity contribution in [1.82, 2.24) is 4.90 Å². The number of carbonyl (C=O) groups excluding carboxylic acids is 1. The van der Waals surface area contributed by atoms with Crippen molar-refractivity contribution in [2.24, 2.45) is 0 Å². The second kappa shape index (κ2) is 7.01. The molecule has 0 amide bonds. The molecule has 1 aromatic rings. The third-order valence-corrected chi connectivity index (χ3v) is 4.69. The smallest absolute Gasteiger partial charge is 0.174 e. The van der Waals surface area contributed by atoms with Crippen LogP contribution >= 0.6 is 23.1 Å². The van der Waals surface area contributed by atoms with E-state index in [1.165, 1.54) is 11.3 Å². The molecule has 0 radical (unpaired) electrons. The lowest BCUT2D eigenvalue weighted by atomic mass is 10.2. The minimum absolute atomic E-state index is 0.119. The van der Waals surface area contributed by atoms with Gasteiger partial charge in [0.25, 0.3) is 0 Å². The van der Waals surface area contributed by atoms with E-state index in [0.717, 1.165) is 23.0 Å². The molecule has 0 aliphatic heterocycles. The predicted molar refractivity (Wildman–Crippen MR) is 82.2 cm³/mol. The highest BCUT2D eigenvalue weighted by atomic mass is 32.2. The summed E-state index contributed by atoms with van der Waals surface area (Å²) in [7, 11) is 4.07. The Balaban J connectivity index is 2.87. The van der Waals surface area contributed by atoms with Gasteiger partial charge < -0.3 is 16.0 Å². The van der Waals surface area contributed by atoms with Gasteiger partial charge in [-0.05, 0) is 20.4 Å². The standard InChI is InChI=1S/C12H21N3OS2/c1-5-8(16)10-9(13)11(17-4)12(18-10)14-6-7-15(2)3/h14H,5-7,13H2,1-4H3. The van der Waals surface area contributed by atoms with Crippen LogP contribution in [0.2, 0.25) is 0 Å². The van der Waals surface area contributed by atoms with Gasteiger partial charge in [0.2, 0.25) is 0 Å². The molecule has 0 aliphatic carbocycles. The number of hydrogen-bond acceptors (Lipinski definition) is 6. The van der Waals surface area contributed by atoms with E-state index in [4.69, 9.17) is 5.73 Å². The van der Waals surface area contributed by atoms with Crippen molar-refractivity contribution >= 4 is 39.6 Å². The molecule has 18 heavy (non-hydrogen) atoms. The molecule has 3 N–H and O–H groups in total. The maximum absolute atomic E-state index is 11.8. The molecule has 1 heterocycles. The number of Topliss-reactive ketones (excluding diaryl/α,β-unsaturated/α-hetero) is 1. The zero-order chi connectivity index (χ0) is 13.7. The fourth-order valence-electron chi connectivity index (χ4n) is 1.51. The summed E-state index contributed by atoms with van der Waals surface area (Å²) in [6.07, 6.45) is 2.48. The van der Waals surface area contributed by atoms with Crippen LogP contribution in [0.3, 0.4) is 0 Å². The Morgan fingerprint density at radius 3 is 2.67 bits per heavy atom. The topological polar surface area (TPSA) is 58.4 Å². The quantitative estimate of drug-likeness (QED) is 0.596. The van der Waals surface area contributed by atoms with Crippen molar-refractivity contribution < 1.29 is 4.79 Å². The number of ketones is 1. The van der Waals surface area contributed by atoms with Crippen molar-refractivity contribution in [2.45, 2.75) is 18.2 Å². The van der Waals surface area contributed by atoms with Gasteiger partial charge in [0, 0.05) is 19.5 Å². The van der Waals surface area contributed by atoms with Crippen LogP contribution in [-0.4, -0.2) is 44.1 Å². The lowest BCUT2D eigenvalue weighted by Gasteiger charge is -2.10. The number of anilines is 2. The first-order chi connectivity index (χ1) is 8.51. The largest absolute Gasteiger partial charge is 0.396 e. The molecule has 0 spiro atoms. The summed E-state index contributed by atoms with van der Waals surface area (Å²) in [5, 5.41) is 4.37. The zero-order valence-corrected chi connectivity index (χ0v) is 13.0. The van der Waals surface area contributed by atoms with E-state index >= 15 is 0 Å². The molecule has 1 aromatic heterocycles. The summed E-state index contributed by atoms with van der Waals surface area (Å²) in [5.41, 5.74) is 6.67. The second-order valence-corrected chi connectivity index (χ2v) is 6.05. The molecule has 1 rings (SSSR count). The highest BCUT2D eigenvalue weighted by Crippen LogP contribution is 2.41. The third kappa shape index (κ3) is 3.63. The van der Waals surface area contributed by atoms with Gasteiger partial charge in [-0.25, -0.2) is 0 Å². The van der Waals surface area contributed by atoms with Crippen molar-refractivity contribution in [3.05, 3.63) is 4.88 Å². The monoisotopic (exact) mass is 287 g/mol. The molecule has 0 atom stereocenters. The van der Waals surface area contributed by atoms with E-state index in [9.17, 15) is 4.79 Å². The molecule has 0 saturated carbocycles. The van der Waals surface area contributed by atoms with Gasteiger partial charge in [-0.1, -0.05) is 6.92 Å². The molecule has 0 saturated heterocycles. The minimum atomic E-state index is 0.119. The third-order valence-electron chi connectivity index (χ3n) is 2.52. The minimum Gasteiger partial charge on any atom is -0.396 e. The van der Waals surface area contributed by atoms with Crippen molar-refractivity contribution in [1.29, 1.82) is 0 Å². The average Bonchev–Trinajstić information content (AvgIpc) is 2.64. The molecule has 0 fully saturated rings. The summed E-state index contributed by atoms with van der Waals surface area (Å²) in [4.78, 5) is 15.6. The Kier molecular flexibility index (Phi) is 5.98. The lowest BCUT2D eigenvalue weighted by molar-refractivity contribution is 0.0992. The highest BCUT2D eigenvalue weighted by molar-refractivity contribution is 7.99. The molecule has 6 heteroatoms. The van der Waals surface area contributed by atoms with Crippen LogP contribution in [0.25, 0.3) is 0 Å². The number of likely N-dealkylation sites (N-methyl/N-ethyl adjacent to an activating group) is 1. The van der Waals surface area contributed by atoms with Crippen molar-refractivity contribution in [3.8, 4) is 0 Å².